The number of unbranched alkanes of at least 4 members (excludes halogenated alkanes) is 18. The number of hydrogen-bond donors (Lipinski definition) is 0. The second-order valence-electron chi connectivity index (χ2n) is 17.4. The van der Waals surface area contributed by atoms with Gasteiger partial charge in [-0.05, 0) is 109 Å². The van der Waals surface area contributed by atoms with Crippen molar-refractivity contribution in [2.75, 3.05) is 13.2 Å². The Morgan fingerprint density at radius 2 is 0.657 bits per heavy atom. The zero-order valence-electron chi connectivity index (χ0n) is 43.1. The van der Waals surface area contributed by atoms with E-state index in [4.69, 9.17) is 14.2 Å². The van der Waals surface area contributed by atoms with E-state index in [1.807, 2.05) is 0 Å². The molecule has 0 aromatic carbocycles. The van der Waals surface area contributed by atoms with Gasteiger partial charge in [-0.25, -0.2) is 0 Å². The summed E-state index contributed by atoms with van der Waals surface area (Å²) < 4.78 is 16.8. The molecule has 0 aromatic rings. The Morgan fingerprint density at radius 1 is 0.328 bits per heavy atom. The highest BCUT2D eigenvalue weighted by atomic mass is 16.6. The molecule has 1 unspecified atom stereocenters. The summed E-state index contributed by atoms with van der Waals surface area (Å²) >= 11 is 0. The number of hydrogen-bond acceptors (Lipinski definition) is 6. The Bertz CT molecular complexity index is 1440. The standard InChI is InChI=1S/C61H98O6/c1-4-7-10-13-16-19-22-25-28-30-32-33-36-39-42-45-48-51-54-60(63)66-57-58(56-65-59(62)53-50-47-44-41-38-35-27-24-21-18-15-12-9-6-3)67-61(64)55-52-49-46-43-40-37-34-31-29-26-23-20-17-14-11-8-5-2/h8-9,11-12,17-18,20-22,25-26,28-30,32-34,37,43,46,58H,4-7,10,13-16,19,23-24,27,31,35-36,38-42,44-45,47-57H2,1-3H3/b11-8-,12-9-,20-17-,21-18-,25-22-,29-26-,30-28-,33-32-,37-34-,46-43-. The van der Waals surface area contributed by atoms with Crippen LogP contribution in [-0.4, -0.2) is 37.2 Å². The highest BCUT2D eigenvalue weighted by Gasteiger charge is 2.19. The lowest BCUT2D eigenvalue weighted by molar-refractivity contribution is -0.167. The van der Waals surface area contributed by atoms with Gasteiger partial charge in [0.15, 0.2) is 6.10 Å². The number of ether oxygens (including phenoxy) is 3. The van der Waals surface area contributed by atoms with Gasteiger partial charge in [0.25, 0.3) is 0 Å². The molecule has 0 bridgehead atoms. The van der Waals surface area contributed by atoms with Crippen LogP contribution in [0.25, 0.3) is 0 Å². The van der Waals surface area contributed by atoms with Crippen molar-refractivity contribution in [2.45, 2.75) is 232 Å². The molecule has 0 amide bonds. The van der Waals surface area contributed by atoms with Crippen molar-refractivity contribution in [2.24, 2.45) is 0 Å². The molecular weight excluding hydrogens is 829 g/mol. The summed E-state index contributed by atoms with van der Waals surface area (Å²) in [4.78, 5) is 38.1. The van der Waals surface area contributed by atoms with E-state index in [-0.39, 0.29) is 37.5 Å². The number of carbonyl (C=O) groups is 3. The second-order valence-corrected chi connectivity index (χ2v) is 17.4. The van der Waals surface area contributed by atoms with Crippen LogP contribution in [0.1, 0.15) is 226 Å². The van der Waals surface area contributed by atoms with Crippen LogP contribution in [0.4, 0.5) is 0 Å². The third-order valence-electron chi connectivity index (χ3n) is 11.0. The molecule has 0 aliphatic rings. The first kappa shape index (κ1) is 62.8. The monoisotopic (exact) mass is 927 g/mol. The SMILES string of the molecule is CC/C=C\C/C=C\C/C=C\C/C=C\C/C=C\CCCC(=O)OC(COC(=O)CCCCCCC\C=C/C=C\C=C/CCCCCCC)COC(=O)CCCCCCCCC/C=C\C/C=C\CC. The fraction of sp³-hybridized carbons (Fsp3) is 0.623. The lowest BCUT2D eigenvalue weighted by Crippen LogP contribution is -2.30. The molecule has 0 N–H and O–H groups in total. The van der Waals surface area contributed by atoms with Gasteiger partial charge in [-0.3, -0.25) is 14.4 Å². The van der Waals surface area contributed by atoms with Crippen LogP contribution in [0.2, 0.25) is 0 Å². The molecule has 0 rings (SSSR count). The van der Waals surface area contributed by atoms with Crippen molar-refractivity contribution < 1.29 is 28.6 Å². The van der Waals surface area contributed by atoms with Crippen molar-refractivity contribution in [1.29, 1.82) is 0 Å². The van der Waals surface area contributed by atoms with E-state index >= 15 is 0 Å². The summed E-state index contributed by atoms with van der Waals surface area (Å²) in [6, 6.07) is 0. The normalized spacial score (nSPS) is 13.1. The Labute approximate surface area is 412 Å². The molecule has 0 heterocycles. The molecule has 0 radical (unpaired) electrons. The maximum Gasteiger partial charge on any atom is 0.306 e. The van der Waals surface area contributed by atoms with Crippen molar-refractivity contribution >= 4 is 17.9 Å². The van der Waals surface area contributed by atoms with Crippen molar-refractivity contribution in [3.63, 3.8) is 0 Å². The Morgan fingerprint density at radius 3 is 1.07 bits per heavy atom. The maximum absolute atomic E-state index is 12.8. The van der Waals surface area contributed by atoms with Crippen LogP contribution < -0.4 is 0 Å². The fourth-order valence-corrected chi connectivity index (χ4v) is 6.99. The predicted octanol–water partition coefficient (Wildman–Crippen LogP) is 18.1. The van der Waals surface area contributed by atoms with Crippen LogP contribution in [0.3, 0.4) is 0 Å². The molecule has 0 spiro atoms. The van der Waals surface area contributed by atoms with Crippen LogP contribution in [0.15, 0.2) is 122 Å². The minimum atomic E-state index is -0.823. The van der Waals surface area contributed by atoms with Crippen molar-refractivity contribution in [3.05, 3.63) is 122 Å². The van der Waals surface area contributed by atoms with Gasteiger partial charge < -0.3 is 14.2 Å². The van der Waals surface area contributed by atoms with Crippen LogP contribution in [0, 0.1) is 0 Å². The molecule has 0 aliphatic carbocycles. The van der Waals surface area contributed by atoms with Gasteiger partial charge >= 0.3 is 17.9 Å². The van der Waals surface area contributed by atoms with E-state index < -0.39 is 6.10 Å². The molecule has 378 valence electrons. The molecule has 0 aromatic heterocycles. The van der Waals surface area contributed by atoms with E-state index in [0.29, 0.717) is 19.3 Å². The highest BCUT2D eigenvalue weighted by molar-refractivity contribution is 5.71. The van der Waals surface area contributed by atoms with Gasteiger partial charge in [-0.1, -0.05) is 219 Å². The quantitative estimate of drug-likeness (QED) is 0.0199. The molecule has 6 heteroatoms. The van der Waals surface area contributed by atoms with Gasteiger partial charge in [0.2, 0.25) is 0 Å². The smallest absolute Gasteiger partial charge is 0.306 e. The predicted molar refractivity (Wildman–Crippen MR) is 288 cm³/mol. The molecule has 0 aliphatic heterocycles. The summed E-state index contributed by atoms with van der Waals surface area (Å²) in [5.41, 5.74) is 0. The first-order chi connectivity index (χ1) is 33.0. The van der Waals surface area contributed by atoms with Gasteiger partial charge in [-0.15, -0.1) is 0 Å². The molecule has 0 fully saturated rings. The molecule has 67 heavy (non-hydrogen) atoms. The average Bonchev–Trinajstić information content (AvgIpc) is 3.33. The summed E-state index contributed by atoms with van der Waals surface area (Å²) in [7, 11) is 0. The van der Waals surface area contributed by atoms with Gasteiger partial charge in [-0.2, -0.15) is 0 Å². The third-order valence-corrected chi connectivity index (χ3v) is 11.0. The van der Waals surface area contributed by atoms with E-state index in [0.717, 1.165) is 122 Å². The summed E-state index contributed by atoms with van der Waals surface area (Å²) in [5, 5.41) is 0. The zero-order valence-corrected chi connectivity index (χ0v) is 43.1. The number of carbonyl (C=O) groups excluding carboxylic acids is 3. The van der Waals surface area contributed by atoms with Crippen LogP contribution >= 0.6 is 0 Å². The van der Waals surface area contributed by atoms with E-state index in [2.05, 4.69) is 142 Å². The Kier molecular flexibility index (Phi) is 51.0. The molecule has 0 saturated heterocycles. The Balaban J connectivity index is 4.55. The summed E-state index contributed by atoms with van der Waals surface area (Å²) in [5.74, 6) is -1.01. The lowest BCUT2D eigenvalue weighted by Gasteiger charge is -2.18. The summed E-state index contributed by atoms with van der Waals surface area (Å²) in [6.45, 7) is 6.32. The lowest BCUT2D eigenvalue weighted by atomic mass is 10.1. The van der Waals surface area contributed by atoms with Crippen molar-refractivity contribution in [1.82, 2.24) is 0 Å². The number of esters is 3. The zero-order chi connectivity index (χ0) is 48.6. The first-order valence-electron chi connectivity index (χ1n) is 27.1. The van der Waals surface area contributed by atoms with Gasteiger partial charge in [0, 0.05) is 19.3 Å². The first-order valence-corrected chi connectivity index (χ1v) is 27.1. The highest BCUT2D eigenvalue weighted by Crippen LogP contribution is 2.13. The fourth-order valence-electron chi connectivity index (χ4n) is 6.99. The van der Waals surface area contributed by atoms with Gasteiger partial charge in [0.05, 0.1) is 0 Å². The van der Waals surface area contributed by atoms with E-state index in [1.54, 1.807) is 0 Å². The molecule has 0 saturated carbocycles. The minimum Gasteiger partial charge on any atom is -0.462 e. The molecule has 1 atom stereocenters. The van der Waals surface area contributed by atoms with E-state index in [9.17, 15) is 14.4 Å². The second kappa shape index (κ2) is 54.4. The van der Waals surface area contributed by atoms with Crippen LogP contribution in [0.5, 0.6) is 0 Å². The Hall–Kier alpha value is -4.19. The average molecular weight is 927 g/mol. The van der Waals surface area contributed by atoms with Crippen molar-refractivity contribution in [3.8, 4) is 0 Å². The minimum absolute atomic E-state index is 0.115. The largest absolute Gasteiger partial charge is 0.462 e. The topological polar surface area (TPSA) is 78.9 Å². The number of rotatable bonds is 47. The van der Waals surface area contributed by atoms with Gasteiger partial charge in [0.1, 0.15) is 13.2 Å². The molecular formula is C61H98O6. The maximum atomic E-state index is 12.8. The third kappa shape index (κ3) is 52.6. The van der Waals surface area contributed by atoms with E-state index in [1.165, 1.54) is 57.8 Å². The van der Waals surface area contributed by atoms with Crippen LogP contribution in [-0.2, 0) is 28.6 Å². The summed E-state index contributed by atoms with van der Waals surface area (Å²) in [6.07, 6.45) is 74.7. The number of allylic oxidation sites excluding steroid dienone is 20. The molecule has 6 nitrogen and oxygen atoms in total.